The van der Waals surface area contributed by atoms with Gasteiger partial charge in [0.25, 0.3) is 0 Å². The van der Waals surface area contributed by atoms with Gasteiger partial charge in [-0.25, -0.2) is 4.39 Å². The number of likely N-dealkylation sites (tertiary alicyclic amines) is 1. The van der Waals surface area contributed by atoms with Crippen LogP contribution in [0.3, 0.4) is 0 Å². The summed E-state index contributed by atoms with van der Waals surface area (Å²) < 4.78 is 13.3. The minimum atomic E-state index is -0.309. The summed E-state index contributed by atoms with van der Waals surface area (Å²) >= 11 is 5.84. The van der Waals surface area contributed by atoms with Gasteiger partial charge >= 0.3 is 0 Å². The normalized spacial score (nSPS) is 16.5. The number of carbonyl (C=O) groups is 1. The lowest BCUT2D eigenvalue weighted by Crippen LogP contribution is -2.45. The molecule has 2 rings (SSSR count). The van der Waals surface area contributed by atoms with E-state index in [-0.39, 0.29) is 17.6 Å². The van der Waals surface area contributed by atoms with E-state index in [2.05, 4.69) is 5.32 Å². The Morgan fingerprint density at radius 1 is 1.38 bits per heavy atom. The standard InChI is InChI=1S/C16H22ClFN2O/c1-11(2)16(21)20-5-3-15(4-6-20)19-10-12-7-13(17)9-14(18)8-12/h7-9,11,15,19H,3-6,10H2,1-2H3. The van der Waals surface area contributed by atoms with Crippen molar-refractivity contribution in [2.45, 2.75) is 39.3 Å². The van der Waals surface area contributed by atoms with E-state index < -0.39 is 0 Å². The quantitative estimate of drug-likeness (QED) is 0.926. The maximum Gasteiger partial charge on any atom is 0.225 e. The molecule has 0 radical (unpaired) electrons. The molecule has 0 saturated carbocycles. The summed E-state index contributed by atoms with van der Waals surface area (Å²) in [6.07, 6.45) is 1.86. The van der Waals surface area contributed by atoms with Crippen molar-refractivity contribution in [2.75, 3.05) is 13.1 Å². The summed E-state index contributed by atoms with van der Waals surface area (Å²) in [6.45, 7) is 6.04. The highest BCUT2D eigenvalue weighted by Gasteiger charge is 2.23. The van der Waals surface area contributed by atoms with Crippen LogP contribution in [0.2, 0.25) is 5.02 Å². The number of hydrogen-bond donors (Lipinski definition) is 1. The lowest BCUT2D eigenvalue weighted by Gasteiger charge is -2.33. The number of rotatable bonds is 4. The van der Waals surface area contributed by atoms with Gasteiger partial charge in [-0.3, -0.25) is 4.79 Å². The Labute approximate surface area is 130 Å². The van der Waals surface area contributed by atoms with E-state index in [0.717, 1.165) is 31.5 Å². The molecule has 116 valence electrons. The van der Waals surface area contributed by atoms with Crippen LogP contribution in [0.5, 0.6) is 0 Å². The lowest BCUT2D eigenvalue weighted by molar-refractivity contribution is -0.135. The Morgan fingerprint density at radius 3 is 2.62 bits per heavy atom. The predicted molar refractivity (Wildman–Crippen MR) is 82.7 cm³/mol. The smallest absolute Gasteiger partial charge is 0.225 e. The van der Waals surface area contributed by atoms with E-state index in [4.69, 9.17) is 11.6 Å². The van der Waals surface area contributed by atoms with E-state index in [1.807, 2.05) is 18.7 Å². The first-order valence-corrected chi connectivity index (χ1v) is 7.80. The summed E-state index contributed by atoms with van der Waals surface area (Å²) in [6, 6.07) is 4.94. The van der Waals surface area contributed by atoms with Crippen LogP contribution in [0.25, 0.3) is 0 Å². The molecule has 1 heterocycles. The van der Waals surface area contributed by atoms with E-state index in [1.165, 1.54) is 12.1 Å². The second-order valence-electron chi connectivity index (χ2n) is 5.91. The lowest BCUT2D eigenvalue weighted by atomic mass is 10.0. The maximum atomic E-state index is 13.3. The average molecular weight is 313 g/mol. The molecule has 1 fully saturated rings. The molecule has 1 aromatic rings. The number of halogens is 2. The zero-order valence-electron chi connectivity index (χ0n) is 12.5. The monoisotopic (exact) mass is 312 g/mol. The first-order valence-electron chi connectivity index (χ1n) is 7.43. The molecule has 0 bridgehead atoms. The number of amides is 1. The molecule has 0 aromatic heterocycles. The van der Waals surface area contributed by atoms with Crippen molar-refractivity contribution in [1.82, 2.24) is 10.2 Å². The van der Waals surface area contributed by atoms with Crippen molar-refractivity contribution < 1.29 is 9.18 Å². The Morgan fingerprint density at radius 2 is 2.05 bits per heavy atom. The summed E-state index contributed by atoms with van der Waals surface area (Å²) in [5.74, 6) is -0.0223. The van der Waals surface area contributed by atoms with Crippen LogP contribution in [0.1, 0.15) is 32.3 Å². The molecular formula is C16H22ClFN2O. The fourth-order valence-electron chi connectivity index (χ4n) is 2.64. The Bertz CT molecular complexity index is 479. The van der Waals surface area contributed by atoms with Gasteiger partial charge in [0.05, 0.1) is 0 Å². The fourth-order valence-corrected chi connectivity index (χ4v) is 2.89. The van der Waals surface area contributed by atoms with E-state index in [9.17, 15) is 9.18 Å². The molecule has 5 heteroatoms. The van der Waals surface area contributed by atoms with Crippen molar-refractivity contribution in [2.24, 2.45) is 5.92 Å². The molecule has 0 unspecified atom stereocenters. The van der Waals surface area contributed by atoms with E-state index in [0.29, 0.717) is 17.6 Å². The third-order valence-corrected chi connectivity index (χ3v) is 4.04. The fraction of sp³-hybridized carbons (Fsp3) is 0.562. The van der Waals surface area contributed by atoms with Crippen molar-refractivity contribution in [1.29, 1.82) is 0 Å². The Balaban J connectivity index is 1.80. The summed E-state index contributed by atoms with van der Waals surface area (Å²) in [5.41, 5.74) is 0.848. The zero-order chi connectivity index (χ0) is 15.4. The number of nitrogens with one attached hydrogen (secondary N) is 1. The van der Waals surface area contributed by atoms with Crippen LogP contribution in [0.4, 0.5) is 4.39 Å². The maximum absolute atomic E-state index is 13.3. The van der Waals surface area contributed by atoms with Gasteiger partial charge in [0, 0.05) is 36.6 Å². The topological polar surface area (TPSA) is 32.3 Å². The van der Waals surface area contributed by atoms with Gasteiger partial charge < -0.3 is 10.2 Å². The van der Waals surface area contributed by atoms with Crippen LogP contribution in [0.15, 0.2) is 18.2 Å². The SMILES string of the molecule is CC(C)C(=O)N1CCC(NCc2cc(F)cc(Cl)c2)CC1. The van der Waals surface area contributed by atoms with Gasteiger partial charge in [-0.1, -0.05) is 25.4 Å². The minimum Gasteiger partial charge on any atom is -0.342 e. The number of benzene rings is 1. The molecule has 1 amide bonds. The van der Waals surface area contributed by atoms with E-state index in [1.54, 1.807) is 6.07 Å². The van der Waals surface area contributed by atoms with Gasteiger partial charge in [-0.2, -0.15) is 0 Å². The van der Waals surface area contributed by atoms with E-state index >= 15 is 0 Å². The second kappa shape index (κ2) is 7.23. The zero-order valence-corrected chi connectivity index (χ0v) is 13.3. The van der Waals surface area contributed by atoms with Crippen LogP contribution in [0, 0.1) is 11.7 Å². The summed E-state index contributed by atoms with van der Waals surface area (Å²) in [7, 11) is 0. The Hall–Kier alpha value is -1.13. The Kier molecular flexibility index (Phi) is 5.59. The van der Waals surface area contributed by atoms with Gasteiger partial charge in [-0.15, -0.1) is 0 Å². The van der Waals surface area contributed by atoms with Gasteiger partial charge in [0.15, 0.2) is 0 Å². The second-order valence-corrected chi connectivity index (χ2v) is 6.35. The molecule has 21 heavy (non-hydrogen) atoms. The number of nitrogens with zero attached hydrogens (tertiary/aromatic N) is 1. The highest BCUT2D eigenvalue weighted by molar-refractivity contribution is 6.30. The molecule has 1 aliphatic rings. The van der Waals surface area contributed by atoms with Crippen LogP contribution < -0.4 is 5.32 Å². The molecule has 1 N–H and O–H groups in total. The predicted octanol–water partition coefficient (Wildman–Crippen LogP) is 3.22. The number of piperidine rings is 1. The molecule has 0 aliphatic carbocycles. The highest BCUT2D eigenvalue weighted by Crippen LogP contribution is 2.16. The first kappa shape index (κ1) is 16.2. The van der Waals surface area contributed by atoms with Crippen LogP contribution in [-0.2, 0) is 11.3 Å². The summed E-state index contributed by atoms with van der Waals surface area (Å²) in [4.78, 5) is 13.8. The van der Waals surface area contributed by atoms with Gasteiger partial charge in [-0.05, 0) is 36.6 Å². The average Bonchev–Trinajstić information content (AvgIpc) is 2.44. The van der Waals surface area contributed by atoms with Crippen LogP contribution in [-0.4, -0.2) is 29.9 Å². The molecule has 0 atom stereocenters. The van der Waals surface area contributed by atoms with Crippen molar-refractivity contribution in [3.8, 4) is 0 Å². The van der Waals surface area contributed by atoms with Crippen molar-refractivity contribution in [3.05, 3.63) is 34.6 Å². The van der Waals surface area contributed by atoms with Gasteiger partial charge in [0.2, 0.25) is 5.91 Å². The number of carbonyl (C=O) groups excluding carboxylic acids is 1. The molecule has 1 aliphatic heterocycles. The molecule has 0 spiro atoms. The van der Waals surface area contributed by atoms with Crippen molar-refractivity contribution >= 4 is 17.5 Å². The number of hydrogen-bond acceptors (Lipinski definition) is 2. The highest BCUT2D eigenvalue weighted by atomic mass is 35.5. The largest absolute Gasteiger partial charge is 0.342 e. The minimum absolute atomic E-state index is 0.0592. The first-order chi connectivity index (χ1) is 9.95. The molecule has 1 aromatic carbocycles. The third-order valence-electron chi connectivity index (χ3n) is 3.82. The molecular weight excluding hydrogens is 291 g/mol. The van der Waals surface area contributed by atoms with Gasteiger partial charge in [0.1, 0.15) is 5.82 Å². The van der Waals surface area contributed by atoms with Crippen molar-refractivity contribution in [3.63, 3.8) is 0 Å². The third kappa shape index (κ3) is 4.68. The molecule has 3 nitrogen and oxygen atoms in total. The summed E-state index contributed by atoms with van der Waals surface area (Å²) in [5, 5.41) is 3.84. The van der Waals surface area contributed by atoms with Crippen LogP contribution >= 0.6 is 11.6 Å². The molecule has 1 saturated heterocycles.